The van der Waals surface area contributed by atoms with Gasteiger partial charge in [0.05, 0.1) is 32.1 Å². The average molecular weight is 363 g/mol. The van der Waals surface area contributed by atoms with E-state index in [1.807, 2.05) is 0 Å². The molecule has 0 radical (unpaired) electrons. The van der Waals surface area contributed by atoms with Crippen molar-refractivity contribution in [1.29, 1.82) is 0 Å². The number of methoxy groups -OCH3 is 1. The monoisotopic (exact) mass is 363 g/mol. The molecule has 0 bridgehead atoms. The topological polar surface area (TPSA) is 99.6 Å². The Hall–Kier alpha value is -2.52. The van der Waals surface area contributed by atoms with Gasteiger partial charge in [0.2, 0.25) is 5.88 Å². The van der Waals surface area contributed by atoms with Gasteiger partial charge >= 0.3 is 5.97 Å². The Morgan fingerprint density at radius 1 is 1.24 bits per heavy atom. The standard InChI is InChI=1S/C16H17N3O5S/c1-22-15(21)12-9-18-16(25-12)19-14(20)10-2-3-13(17-8-10)24-11-4-6-23-7-5-11/h2-3,8-9,11H,4-7H2,1H3,(H,18,19,20). The number of anilines is 1. The van der Waals surface area contributed by atoms with Crippen molar-refractivity contribution < 1.29 is 23.8 Å². The van der Waals surface area contributed by atoms with E-state index in [1.54, 1.807) is 12.1 Å². The largest absolute Gasteiger partial charge is 0.474 e. The zero-order chi connectivity index (χ0) is 17.6. The molecule has 2 aromatic heterocycles. The summed E-state index contributed by atoms with van der Waals surface area (Å²) in [6.45, 7) is 1.37. The van der Waals surface area contributed by atoms with Gasteiger partial charge in [-0.1, -0.05) is 11.3 Å². The normalized spacial score (nSPS) is 14.8. The first-order chi connectivity index (χ1) is 12.2. The molecule has 1 amide bonds. The first-order valence-corrected chi connectivity index (χ1v) is 8.53. The van der Waals surface area contributed by atoms with Gasteiger partial charge in [0.25, 0.3) is 5.91 Å². The summed E-state index contributed by atoms with van der Waals surface area (Å²) in [5, 5.41) is 2.93. The predicted octanol–water partition coefficient (Wildman–Crippen LogP) is 2.13. The van der Waals surface area contributed by atoms with Crippen LogP contribution in [0.1, 0.15) is 32.9 Å². The summed E-state index contributed by atoms with van der Waals surface area (Å²) in [5.41, 5.74) is 0.370. The average Bonchev–Trinajstić information content (AvgIpc) is 3.11. The lowest BCUT2D eigenvalue weighted by Crippen LogP contribution is -2.26. The molecule has 1 aliphatic heterocycles. The van der Waals surface area contributed by atoms with Crippen molar-refractivity contribution in [3.63, 3.8) is 0 Å². The Kier molecular flexibility index (Phi) is 5.56. The molecular formula is C16H17N3O5S. The predicted molar refractivity (Wildman–Crippen MR) is 90.1 cm³/mol. The van der Waals surface area contributed by atoms with Crippen molar-refractivity contribution in [2.45, 2.75) is 18.9 Å². The first kappa shape index (κ1) is 17.3. The Morgan fingerprint density at radius 3 is 2.72 bits per heavy atom. The quantitative estimate of drug-likeness (QED) is 0.812. The number of carbonyl (C=O) groups is 2. The van der Waals surface area contributed by atoms with Gasteiger partial charge in [0, 0.05) is 25.1 Å². The molecule has 25 heavy (non-hydrogen) atoms. The molecule has 0 spiro atoms. The van der Waals surface area contributed by atoms with Gasteiger partial charge in [-0.3, -0.25) is 10.1 Å². The van der Waals surface area contributed by atoms with Gasteiger partial charge in [0.1, 0.15) is 11.0 Å². The number of esters is 1. The van der Waals surface area contributed by atoms with Crippen LogP contribution in [0.25, 0.3) is 0 Å². The highest BCUT2D eigenvalue weighted by Crippen LogP contribution is 2.20. The lowest BCUT2D eigenvalue weighted by Gasteiger charge is -2.22. The van der Waals surface area contributed by atoms with Crippen LogP contribution >= 0.6 is 11.3 Å². The number of carbonyl (C=O) groups excluding carboxylic acids is 2. The van der Waals surface area contributed by atoms with E-state index in [1.165, 1.54) is 19.5 Å². The molecule has 1 saturated heterocycles. The molecule has 0 unspecified atom stereocenters. The summed E-state index contributed by atoms with van der Waals surface area (Å²) in [4.78, 5) is 32.1. The van der Waals surface area contributed by atoms with Crippen LogP contribution in [-0.4, -0.2) is 48.3 Å². The summed E-state index contributed by atoms with van der Waals surface area (Å²) in [7, 11) is 1.29. The van der Waals surface area contributed by atoms with E-state index in [0.717, 1.165) is 24.2 Å². The minimum atomic E-state index is -0.491. The lowest BCUT2D eigenvalue weighted by atomic mass is 10.1. The van der Waals surface area contributed by atoms with Crippen molar-refractivity contribution in [2.75, 3.05) is 25.6 Å². The van der Waals surface area contributed by atoms with Crippen LogP contribution < -0.4 is 10.1 Å². The Bertz CT molecular complexity index is 740. The van der Waals surface area contributed by atoms with Crippen LogP contribution in [0.2, 0.25) is 0 Å². The van der Waals surface area contributed by atoms with Crippen molar-refractivity contribution in [1.82, 2.24) is 9.97 Å². The maximum atomic E-state index is 12.2. The number of thiazole rings is 1. The number of amides is 1. The third kappa shape index (κ3) is 4.52. The van der Waals surface area contributed by atoms with Crippen LogP contribution in [0.4, 0.5) is 5.13 Å². The molecule has 1 N–H and O–H groups in total. The third-order valence-electron chi connectivity index (χ3n) is 3.57. The summed E-state index contributed by atoms with van der Waals surface area (Å²) < 4.78 is 15.6. The Labute approximate surface area is 148 Å². The van der Waals surface area contributed by atoms with E-state index in [9.17, 15) is 9.59 Å². The van der Waals surface area contributed by atoms with Crippen LogP contribution in [0.15, 0.2) is 24.5 Å². The Balaban J connectivity index is 1.58. The number of ether oxygens (including phenoxy) is 3. The highest BCUT2D eigenvalue weighted by molar-refractivity contribution is 7.17. The minimum Gasteiger partial charge on any atom is -0.474 e. The number of nitrogens with zero attached hydrogens (tertiary/aromatic N) is 2. The second kappa shape index (κ2) is 8.04. The molecule has 3 rings (SSSR count). The Morgan fingerprint density at radius 2 is 2.04 bits per heavy atom. The molecule has 1 aliphatic rings. The second-order valence-corrected chi connectivity index (χ2v) is 6.32. The fourth-order valence-electron chi connectivity index (χ4n) is 2.25. The summed E-state index contributed by atoms with van der Waals surface area (Å²) in [6, 6.07) is 3.29. The first-order valence-electron chi connectivity index (χ1n) is 7.71. The number of nitrogens with one attached hydrogen (secondary N) is 1. The SMILES string of the molecule is COC(=O)c1cnc(NC(=O)c2ccc(OC3CCOCC3)nc2)s1. The molecule has 1 fully saturated rings. The molecular weight excluding hydrogens is 346 g/mol. The molecule has 132 valence electrons. The van der Waals surface area contributed by atoms with Gasteiger partial charge in [0.15, 0.2) is 5.13 Å². The number of aromatic nitrogens is 2. The van der Waals surface area contributed by atoms with E-state index >= 15 is 0 Å². The van der Waals surface area contributed by atoms with Crippen molar-refractivity contribution in [3.05, 3.63) is 35.0 Å². The smallest absolute Gasteiger partial charge is 0.349 e. The minimum absolute atomic E-state index is 0.0907. The molecule has 9 heteroatoms. The van der Waals surface area contributed by atoms with E-state index in [-0.39, 0.29) is 12.0 Å². The number of hydrogen-bond acceptors (Lipinski definition) is 8. The van der Waals surface area contributed by atoms with Crippen molar-refractivity contribution in [3.8, 4) is 5.88 Å². The van der Waals surface area contributed by atoms with Gasteiger partial charge in [-0.15, -0.1) is 0 Å². The van der Waals surface area contributed by atoms with Gasteiger partial charge < -0.3 is 14.2 Å². The maximum absolute atomic E-state index is 12.2. The van der Waals surface area contributed by atoms with Gasteiger partial charge in [-0.05, 0) is 6.07 Å². The molecule has 0 atom stereocenters. The molecule has 8 nitrogen and oxygen atoms in total. The fourth-order valence-corrected chi connectivity index (χ4v) is 2.97. The van der Waals surface area contributed by atoms with Crippen LogP contribution in [0, 0.1) is 0 Å². The van der Waals surface area contributed by atoms with Crippen molar-refractivity contribution in [2.24, 2.45) is 0 Å². The lowest BCUT2D eigenvalue weighted by molar-refractivity contribution is 0.0237. The second-order valence-electron chi connectivity index (χ2n) is 5.29. The maximum Gasteiger partial charge on any atom is 0.349 e. The van der Waals surface area contributed by atoms with E-state index in [0.29, 0.717) is 34.7 Å². The van der Waals surface area contributed by atoms with E-state index in [2.05, 4.69) is 20.0 Å². The number of pyridine rings is 1. The van der Waals surface area contributed by atoms with Gasteiger partial charge in [-0.25, -0.2) is 14.8 Å². The zero-order valence-corrected chi connectivity index (χ0v) is 14.4. The molecule has 0 aliphatic carbocycles. The number of hydrogen-bond donors (Lipinski definition) is 1. The fraction of sp³-hybridized carbons (Fsp3) is 0.375. The summed E-state index contributed by atoms with van der Waals surface area (Å²) >= 11 is 1.04. The van der Waals surface area contributed by atoms with Crippen LogP contribution in [0.3, 0.4) is 0 Å². The third-order valence-corrected chi connectivity index (χ3v) is 4.46. The van der Waals surface area contributed by atoms with E-state index < -0.39 is 5.97 Å². The highest BCUT2D eigenvalue weighted by Gasteiger charge is 2.17. The molecule has 0 aromatic carbocycles. The van der Waals surface area contributed by atoms with Crippen LogP contribution in [0.5, 0.6) is 5.88 Å². The molecule has 3 heterocycles. The van der Waals surface area contributed by atoms with E-state index in [4.69, 9.17) is 9.47 Å². The zero-order valence-electron chi connectivity index (χ0n) is 13.6. The molecule has 0 saturated carbocycles. The van der Waals surface area contributed by atoms with Gasteiger partial charge in [-0.2, -0.15) is 0 Å². The van der Waals surface area contributed by atoms with Crippen molar-refractivity contribution >= 4 is 28.3 Å². The highest BCUT2D eigenvalue weighted by atomic mass is 32.1. The summed E-state index contributed by atoms with van der Waals surface area (Å²) in [6.07, 6.45) is 4.55. The van der Waals surface area contributed by atoms with Crippen LogP contribution in [-0.2, 0) is 9.47 Å². The molecule has 2 aromatic rings. The number of rotatable bonds is 5. The summed E-state index contributed by atoms with van der Waals surface area (Å²) in [5.74, 6) is -0.379.